The molecule has 2 aliphatic rings. The van der Waals surface area contributed by atoms with E-state index < -0.39 is 0 Å². The smallest absolute Gasteiger partial charge is 0.238 e. The summed E-state index contributed by atoms with van der Waals surface area (Å²) >= 11 is 0. The number of anilines is 2. The molecule has 2 N–H and O–H groups in total. The van der Waals surface area contributed by atoms with Crippen LogP contribution in [0.2, 0.25) is 0 Å². The third-order valence-electron chi connectivity index (χ3n) is 5.11. The van der Waals surface area contributed by atoms with Crippen LogP contribution in [0.4, 0.5) is 11.4 Å². The van der Waals surface area contributed by atoms with E-state index in [9.17, 15) is 14.4 Å². The number of carbonyl (C=O) groups is 3. The molecule has 0 aromatic heterocycles. The SMILES string of the molecule is CCNC(=O)C1CCCN(CC(=O)Nc2cccc(N3CCCC3=O)c2)C1. The maximum absolute atomic E-state index is 12.4. The molecule has 7 heteroatoms. The summed E-state index contributed by atoms with van der Waals surface area (Å²) < 4.78 is 0. The molecule has 0 spiro atoms. The highest BCUT2D eigenvalue weighted by atomic mass is 16.2. The molecule has 0 aliphatic carbocycles. The Balaban J connectivity index is 1.54. The fourth-order valence-electron chi connectivity index (χ4n) is 3.81. The van der Waals surface area contributed by atoms with Gasteiger partial charge in [0.25, 0.3) is 0 Å². The highest BCUT2D eigenvalue weighted by molar-refractivity contribution is 5.97. The topological polar surface area (TPSA) is 81.8 Å². The molecular formula is C20H28N4O3. The minimum Gasteiger partial charge on any atom is -0.356 e. The number of benzene rings is 1. The molecule has 2 aliphatic heterocycles. The first-order valence-electron chi connectivity index (χ1n) is 9.77. The van der Waals surface area contributed by atoms with E-state index in [4.69, 9.17) is 0 Å². The predicted molar refractivity (Wildman–Crippen MR) is 105 cm³/mol. The Bertz CT molecular complexity index is 706. The summed E-state index contributed by atoms with van der Waals surface area (Å²) in [5.74, 6) is 0.0567. The number of hydrogen-bond acceptors (Lipinski definition) is 4. The molecule has 7 nitrogen and oxygen atoms in total. The molecule has 2 fully saturated rings. The summed E-state index contributed by atoms with van der Waals surface area (Å²) in [5, 5.41) is 5.79. The van der Waals surface area contributed by atoms with E-state index in [1.165, 1.54) is 0 Å². The molecule has 3 amide bonds. The summed E-state index contributed by atoms with van der Waals surface area (Å²) in [4.78, 5) is 40.2. The number of hydrogen-bond donors (Lipinski definition) is 2. The van der Waals surface area contributed by atoms with Crippen LogP contribution in [0.1, 0.15) is 32.6 Å². The maximum Gasteiger partial charge on any atom is 0.238 e. The summed E-state index contributed by atoms with van der Waals surface area (Å²) in [7, 11) is 0. The zero-order valence-electron chi connectivity index (χ0n) is 15.9. The highest BCUT2D eigenvalue weighted by Gasteiger charge is 2.26. The first-order valence-corrected chi connectivity index (χ1v) is 9.77. The van der Waals surface area contributed by atoms with Gasteiger partial charge in [0.2, 0.25) is 17.7 Å². The van der Waals surface area contributed by atoms with E-state index >= 15 is 0 Å². The molecule has 3 rings (SSSR count). The Labute approximate surface area is 160 Å². The van der Waals surface area contributed by atoms with Crippen molar-refractivity contribution in [2.45, 2.75) is 32.6 Å². The number of nitrogens with one attached hydrogen (secondary N) is 2. The highest BCUT2D eigenvalue weighted by Crippen LogP contribution is 2.24. The monoisotopic (exact) mass is 372 g/mol. The predicted octanol–water partition coefficient (Wildman–Crippen LogP) is 1.60. The van der Waals surface area contributed by atoms with Gasteiger partial charge in [0, 0.05) is 37.4 Å². The summed E-state index contributed by atoms with van der Waals surface area (Å²) in [5.41, 5.74) is 1.51. The average Bonchev–Trinajstić information content (AvgIpc) is 3.08. The first-order chi connectivity index (χ1) is 13.1. The lowest BCUT2D eigenvalue weighted by molar-refractivity contribution is -0.127. The number of rotatable bonds is 6. The standard InChI is InChI=1S/C20H28N4O3/c1-2-21-20(27)15-6-4-10-23(13-15)14-18(25)22-16-7-3-8-17(12-16)24-11-5-9-19(24)26/h3,7-8,12,15H,2,4-6,9-11,13-14H2,1H3,(H,21,27)(H,22,25). The van der Waals surface area contributed by atoms with Gasteiger partial charge in [0.05, 0.1) is 12.5 Å². The number of nitrogens with zero attached hydrogens (tertiary/aromatic N) is 2. The lowest BCUT2D eigenvalue weighted by Gasteiger charge is -2.31. The fraction of sp³-hybridized carbons (Fsp3) is 0.550. The van der Waals surface area contributed by atoms with Gasteiger partial charge in [-0.3, -0.25) is 19.3 Å². The van der Waals surface area contributed by atoms with Crippen LogP contribution < -0.4 is 15.5 Å². The fourth-order valence-corrected chi connectivity index (χ4v) is 3.81. The molecule has 1 atom stereocenters. The molecule has 0 radical (unpaired) electrons. The van der Waals surface area contributed by atoms with Gasteiger partial charge in [-0.2, -0.15) is 0 Å². The van der Waals surface area contributed by atoms with E-state index in [0.717, 1.165) is 38.0 Å². The van der Waals surface area contributed by atoms with Gasteiger partial charge in [-0.05, 0) is 50.9 Å². The second kappa shape index (κ2) is 8.99. The van der Waals surface area contributed by atoms with Crippen LogP contribution in [0.5, 0.6) is 0 Å². The number of carbonyl (C=O) groups excluding carboxylic acids is 3. The number of piperidine rings is 1. The van der Waals surface area contributed by atoms with Crippen LogP contribution in [-0.2, 0) is 14.4 Å². The van der Waals surface area contributed by atoms with Crippen molar-refractivity contribution in [3.8, 4) is 0 Å². The van der Waals surface area contributed by atoms with E-state index in [2.05, 4.69) is 10.6 Å². The van der Waals surface area contributed by atoms with Gasteiger partial charge in [0.15, 0.2) is 0 Å². The lowest BCUT2D eigenvalue weighted by atomic mass is 9.97. The normalized spacial score (nSPS) is 20.6. The van der Waals surface area contributed by atoms with Crippen LogP contribution in [0.15, 0.2) is 24.3 Å². The van der Waals surface area contributed by atoms with Gasteiger partial charge in [-0.1, -0.05) is 6.07 Å². The second-order valence-electron chi connectivity index (χ2n) is 7.22. The van der Waals surface area contributed by atoms with Gasteiger partial charge in [-0.15, -0.1) is 0 Å². The van der Waals surface area contributed by atoms with Crippen molar-refractivity contribution in [3.05, 3.63) is 24.3 Å². The lowest BCUT2D eigenvalue weighted by Crippen LogP contribution is -2.45. The van der Waals surface area contributed by atoms with E-state index in [-0.39, 0.29) is 30.2 Å². The van der Waals surface area contributed by atoms with E-state index in [1.54, 1.807) is 4.90 Å². The van der Waals surface area contributed by atoms with Crippen LogP contribution in [0, 0.1) is 5.92 Å². The van der Waals surface area contributed by atoms with Crippen molar-refractivity contribution >= 4 is 29.1 Å². The van der Waals surface area contributed by atoms with Crippen molar-refractivity contribution in [2.75, 3.05) is 42.9 Å². The molecule has 0 bridgehead atoms. The Morgan fingerprint density at radius 2 is 2.07 bits per heavy atom. The molecule has 146 valence electrons. The van der Waals surface area contributed by atoms with E-state index in [1.807, 2.05) is 36.1 Å². The van der Waals surface area contributed by atoms with E-state index in [0.29, 0.717) is 25.2 Å². The molecule has 1 aromatic rings. The first kappa shape index (κ1) is 19.4. The summed E-state index contributed by atoms with van der Waals surface area (Å²) in [6, 6.07) is 7.41. The largest absolute Gasteiger partial charge is 0.356 e. The van der Waals surface area contributed by atoms with Gasteiger partial charge in [-0.25, -0.2) is 0 Å². The minimum atomic E-state index is -0.101. The Hall–Kier alpha value is -2.41. The van der Waals surface area contributed by atoms with Crippen molar-refractivity contribution in [1.82, 2.24) is 10.2 Å². The molecule has 27 heavy (non-hydrogen) atoms. The minimum absolute atomic E-state index is 0.0454. The Morgan fingerprint density at radius 1 is 1.22 bits per heavy atom. The maximum atomic E-state index is 12.4. The molecule has 0 saturated carbocycles. The third-order valence-corrected chi connectivity index (χ3v) is 5.11. The summed E-state index contributed by atoms with van der Waals surface area (Å²) in [6.07, 6.45) is 3.24. The van der Waals surface area contributed by atoms with Crippen molar-refractivity contribution in [3.63, 3.8) is 0 Å². The molecular weight excluding hydrogens is 344 g/mol. The third kappa shape index (κ3) is 5.07. The van der Waals surface area contributed by atoms with Crippen molar-refractivity contribution in [1.29, 1.82) is 0 Å². The molecule has 1 unspecified atom stereocenters. The quantitative estimate of drug-likeness (QED) is 0.795. The molecule has 2 heterocycles. The van der Waals surface area contributed by atoms with Crippen molar-refractivity contribution in [2.24, 2.45) is 5.92 Å². The van der Waals surface area contributed by atoms with Crippen LogP contribution in [0.3, 0.4) is 0 Å². The van der Waals surface area contributed by atoms with Crippen LogP contribution in [0.25, 0.3) is 0 Å². The zero-order chi connectivity index (χ0) is 19.2. The number of amides is 3. The zero-order valence-corrected chi connectivity index (χ0v) is 15.9. The molecule has 2 saturated heterocycles. The van der Waals surface area contributed by atoms with Gasteiger partial charge in [0.1, 0.15) is 0 Å². The number of likely N-dealkylation sites (tertiary alicyclic amines) is 1. The van der Waals surface area contributed by atoms with Gasteiger partial charge < -0.3 is 15.5 Å². The Morgan fingerprint density at radius 3 is 2.81 bits per heavy atom. The summed E-state index contributed by atoms with van der Waals surface area (Å²) in [6.45, 7) is 4.97. The van der Waals surface area contributed by atoms with Crippen LogP contribution >= 0.6 is 0 Å². The van der Waals surface area contributed by atoms with Crippen molar-refractivity contribution < 1.29 is 14.4 Å². The Kier molecular flexibility index (Phi) is 6.45. The molecule has 1 aromatic carbocycles. The average molecular weight is 372 g/mol. The van der Waals surface area contributed by atoms with Crippen LogP contribution in [-0.4, -0.2) is 55.3 Å². The van der Waals surface area contributed by atoms with Gasteiger partial charge >= 0.3 is 0 Å². The second-order valence-corrected chi connectivity index (χ2v) is 7.22.